The molecule has 0 fully saturated rings. The van der Waals surface area contributed by atoms with Gasteiger partial charge in [0, 0.05) is 22.3 Å². The Bertz CT molecular complexity index is 1260. The molecule has 1 aromatic heterocycles. The molecule has 0 aliphatic heterocycles. The lowest BCUT2D eigenvalue weighted by Gasteiger charge is -2.12. The second kappa shape index (κ2) is 9.28. The Hall–Kier alpha value is -3.90. The van der Waals surface area contributed by atoms with Gasteiger partial charge in [0.1, 0.15) is 11.6 Å². The zero-order valence-electron chi connectivity index (χ0n) is 16.3. The number of nitrogens with one attached hydrogen (secondary N) is 2. The number of hydrogen-bond acceptors (Lipinski definition) is 4. The Morgan fingerprint density at radius 2 is 1.68 bits per heavy atom. The first-order valence-electron chi connectivity index (χ1n) is 9.54. The quantitative estimate of drug-likeness (QED) is 0.446. The van der Waals surface area contributed by atoms with Crippen LogP contribution in [0.1, 0.15) is 5.56 Å². The van der Waals surface area contributed by atoms with Crippen LogP contribution in [0.3, 0.4) is 0 Å². The third-order valence-electron chi connectivity index (χ3n) is 4.47. The van der Waals surface area contributed by atoms with Crippen molar-refractivity contribution in [3.63, 3.8) is 0 Å². The predicted molar refractivity (Wildman–Crippen MR) is 121 cm³/mol. The van der Waals surface area contributed by atoms with Crippen molar-refractivity contribution in [3.05, 3.63) is 106 Å². The normalized spacial score (nSPS) is 10.5. The van der Waals surface area contributed by atoms with Crippen molar-refractivity contribution in [2.24, 2.45) is 0 Å². The maximum Gasteiger partial charge on any atom is 0.254 e. The Kier molecular flexibility index (Phi) is 6.10. The van der Waals surface area contributed by atoms with Crippen LogP contribution in [0.5, 0.6) is 11.5 Å². The molecule has 7 heteroatoms. The first-order valence-corrected chi connectivity index (χ1v) is 9.92. The van der Waals surface area contributed by atoms with E-state index in [9.17, 15) is 9.59 Å². The van der Waals surface area contributed by atoms with Crippen molar-refractivity contribution in [1.82, 2.24) is 9.97 Å². The molecule has 1 heterocycles. The van der Waals surface area contributed by atoms with E-state index in [0.717, 1.165) is 5.56 Å². The molecule has 0 saturated carbocycles. The van der Waals surface area contributed by atoms with E-state index >= 15 is 0 Å². The molecule has 154 valence electrons. The number of benzene rings is 3. The molecular weight excluding hydrogens is 414 g/mol. The number of ether oxygens (including phenoxy) is 1. The van der Waals surface area contributed by atoms with Crippen molar-refractivity contribution in [3.8, 4) is 22.9 Å². The van der Waals surface area contributed by atoms with Crippen molar-refractivity contribution in [1.29, 1.82) is 0 Å². The number of halogens is 1. The second-order valence-electron chi connectivity index (χ2n) is 6.73. The Morgan fingerprint density at radius 3 is 2.42 bits per heavy atom. The molecule has 0 radical (unpaired) electrons. The summed E-state index contributed by atoms with van der Waals surface area (Å²) >= 11 is 5.89. The first-order chi connectivity index (χ1) is 15.1. The first kappa shape index (κ1) is 20.4. The largest absolute Gasteiger partial charge is 0.455 e. The lowest BCUT2D eigenvalue weighted by molar-refractivity contribution is -0.115. The second-order valence-corrected chi connectivity index (χ2v) is 7.17. The van der Waals surface area contributed by atoms with Gasteiger partial charge < -0.3 is 15.0 Å². The summed E-state index contributed by atoms with van der Waals surface area (Å²) in [4.78, 5) is 32.0. The number of carbonyl (C=O) groups excluding carboxylic acids is 1. The van der Waals surface area contributed by atoms with Crippen LogP contribution in [-0.4, -0.2) is 15.9 Å². The van der Waals surface area contributed by atoms with Crippen LogP contribution >= 0.6 is 11.6 Å². The van der Waals surface area contributed by atoms with Crippen LogP contribution in [0.4, 0.5) is 5.69 Å². The molecule has 0 aliphatic carbocycles. The summed E-state index contributed by atoms with van der Waals surface area (Å²) in [5.74, 6) is 1.22. The van der Waals surface area contributed by atoms with E-state index in [1.54, 1.807) is 42.5 Å². The molecular formula is C24H18ClN3O3. The third kappa shape index (κ3) is 5.18. The maximum absolute atomic E-state index is 12.6. The molecule has 31 heavy (non-hydrogen) atoms. The molecule has 0 unspecified atom stereocenters. The van der Waals surface area contributed by atoms with Gasteiger partial charge in [-0.2, -0.15) is 0 Å². The summed E-state index contributed by atoms with van der Waals surface area (Å²) in [6, 6.07) is 23.3. The van der Waals surface area contributed by atoms with Crippen molar-refractivity contribution in [2.45, 2.75) is 6.42 Å². The molecule has 0 bridgehead atoms. The molecule has 0 aliphatic rings. The number of nitrogens with zero attached hydrogens (tertiary/aromatic N) is 1. The Labute approximate surface area is 183 Å². The monoisotopic (exact) mass is 431 g/mol. The van der Waals surface area contributed by atoms with Gasteiger partial charge in [-0.1, -0.05) is 41.9 Å². The molecule has 3 aromatic carbocycles. The topological polar surface area (TPSA) is 84.1 Å². The summed E-state index contributed by atoms with van der Waals surface area (Å²) in [5.41, 5.74) is 1.13. The van der Waals surface area contributed by atoms with Crippen LogP contribution in [-0.2, 0) is 11.2 Å². The van der Waals surface area contributed by atoms with E-state index in [0.29, 0.717) is 28.0 Å². The van der Waals surface area contributed by atoms with Gasteiger partial charge >= 0.3 is 0 Å². The number of rotatable bonds is 6. The van der Waals surface area contributed by atoms with Gasteiger partial charge in [-0.3, -0.25) is 9.59 Å². The Balaban J connectivity index is 1.47. The highest BCUT2D eigenvalue weighted by molar-refractivity contribution is 6.30. The van der Waals surface area contributed by atoms with Crippen LogP contribution in [0.25, 0.3) is 11.4 Å². The van der Waals surface area contributed by atoms with Gasteiger partial charge in [-0.05, 0) is 48.5 Å². The smallest absolute Gasteiger partial charge is 0.254 e. The Morgan fingerprint density at radius 1 is 0.968 bits per heavy atom. The van der Waals surface area contributed by atoms with Crippen molar-refractivity contribution < 1.29 is 9.53 Å². The van der Waals surface area contributed by atoms with Gasteiger partial charge in [-0.15, -0.1) is 0 Å². The zero-order valence-corrected chi connectivity index (χ0v) is 17.1. The molecule has 4 aromatic rings. The number of anilines is 1. The van der Waals surface area contributed by atoms with E-state index in [1.165, 1.54) is 6.20 Å². The lowest BCUT2D eigenvalue weighted by atomic mass is 10.2. The fourth-order valence-corrected chi connectivity index (χ4v) is 3.07. The van der Waals surface area contributed by atoms with Crippen LogP contribution in [0, 0.1) is 0 Å². The number of aromatic amines is 1. The number of amides is 1. The standard InChI is InChI=1S/C24H18ClN3O3/c25-18-12-10-16(11-13-18)23-26-15-17(24(30)28-23)14-22(29)27-20-8-4-5-9-21(20)31-19-6-2-1-3-7-19/h1-13,15H,14H2,(H,27,29)(H,26,28,30). The average molecular weight is 432 g/mol. The van der Waals surface area contributed by atoms with E-state index < -0.39 is 0 Å². The minimum Gasteiger partial charge on any atom is -0.455 e. The molecule has 2 N–H and O–H groups in total. The lowest BCUT2D eigenvalue weighted by Crippen LogP contribution is -2.22. The molecule has 1 amide bonds. The van der Waals surface area contributed by atoms with Gasteiger partial charge in [-0.25, -0.2) is 4.98 Å². The summed E-state index contributed by atoms with van der Waals surface area (Å²) in [7, 11) is 0. The van der Waals surface area contributed by atoms with Gasteiger partial charge in [0.15, 0.2) is 5.75 Å². The summed E-state index contributed by atoms with van der Waals surface area (Å²) in [6.45, 7) is 0. The number of hydrogen-bond donors (Lipinski definition) is 2. The minimum atomic E-state index is -0.371. The van der Waals surface area contributed by atoms with E-state index in [4.69, 9.17) is 16.3 Å². The minimum absolute atomic E-state index is 0.122. The zero-order chi connectivity index (χ0) is 21.6. The van der Waals surface area contributed by atoms with Gasteiger partial charge in [0.05, 0.1) is 12.1 Å². The highest BCUT2D eigenvalue weighted by Crippen LogP contribution is 2.29. The fourth-order valence-electron chi connectivity index (χ4n) is 2.94. The van der Waals surface area contributed by atoms with Crippen LogP contribution in [0.15, 0.2) is 89.9 Å². The van der Waals surface area contributed by atoms with E-state index in [1.807, 2.05) is 36.4 Å². The van der Waals surface area contributed by atoms with Crippen LogP contribution in [0.2, 0.25) is 5.02 Å². The van der Waals surface area contributed by atoms with Crippen LogP contribution < -0.4 is 15.6 Å². The summed E-state index contributed by atoms with van der Waals surface area (Å²) < 4.78 is 5.85. The molecule has 0 spiro atoms. The number of carbonyl (C=O) groups is 1. The predicted octanol–water partition coefficient (Wildman–Crippen LogP) is 5.06. The number of para-hydroxylation sites is 3. The van der Waals surface area contributed by atoms with Gasteiger partial charge in [0.25, 0.3) is 5.56 Å². The van der Waals surface area contributed by atoms with Gasteiger partial charge in [0.2, 0.25) is 5.91 Å². The summed E-state index contributed by atoms with van der Waals surface area (Å²) in [5, 5.41) is 3.39. The number of H-pyrrole nitrogens is 1. The molecule has 4 rings (SSSR count). The van der Waals surface area contributed by atoms with Crippen molar-refractivity contribution >= 4 is 23.2 Å². The third-order valence-corrected chi connectivity index (χ3v) is 4.73. The fraction of sp³-hybridized carbons (Fsp3) is 0.0417. The van der Waals surface area contributed by atoms with E-state index in [-0.39, 0.29) is 23.5 Å². The highest BCUT2D eigenvalue weighted by Gasteiger charge is 2.12. The molecule has 0 saturated heterocycles. The van der Waals surface area contributed by atoms with E-state index in [2.05, 4.69) is 15.3 Å². The molecule has 6 nitrogen and oxygen atoms in total. The number of aromatic nitrogens is 2. The SMILES string of the molecule is O=C(Cc1cnc(-c2ccc(Cl)cc2)[nH]c1=O)Nc1ccccc1Oc1ccccc1. The van der Waals surface area contributed by atoms with Crippen molar-refractivity contribution in [2.75, 3.05) is 5.32 Å². The summed E-state index contributed by atoms with van der Waals surface area (Å²) in [6.07, 6.45) is 1.29. The maximum atomic E-state index is 12.6. The highest BCUT2D eigenvalue weighted by atomic mass is 35.5. The average Bonchev–Trinajstić information content (AvgIpc) is 2.78. The molecule has 0 atom stereocenters.